The largest absolute Gasteiger partial charge is 0.352 e. The van der Waals surface area contributed by atoms with Crippen molar-refractivity contribution < 1.29 is 4.79 Å². The fraction of sp³-hybridized carbons (Fsp3) is 0.320. The molecule has 0 aliphatic carbocycles. The summed E-state index contributed by atoms with van der Waals surface area (Å²) in [6.45, 7) is 5.09. The summed E-state index contributed by atoms with van der Waals surface area (Å²) in [6, 6.07) is 16.9. The van der Waals surface area contributed by atoms with E-state index < -0.39 is 0 Å². The summed E-state index contributed by atoms with van der Waals surface area (Å²) >= 11 is 0. The van der Waals surface area contributed by atoms with Gasteiger partial charge < -0.3 is 10.6 Å². The SMILES string of the molecule is Cc1ccc(C(CNc2ncc3c(n2)-c2ccccc2NC(=O)C3)N2CCCC2)cc1. The summed E-state index contributed by atoms with van der Waals surface area (Å²) < 4.78 is 0. The third-order valence-electron chi connectivity index (χ3n) is 6.17. The van der Waals surface area contributed by atoms with Gasteiger partial charge in [0.05, 0.1) is 23.8 Å². The first-order chi connectivity index (χ1) is 15.2. The molecule has 3 aromatic rings. The lowest BCUT2D eigenvalue weighted by molar-refractivity contribution is -0.115. The third-order valence-corrected chi connectivity index (χ3v) is 6.17. The molecule has 31 heavy (non-hydrogen) atoms. The quantitative estimate of drug-likeness (QED) is 0.656. The number of rotatable bonds is 5. The Balaban J connectivity index is 1.42. The van der Waals surface area contributed by atoms with E-state index >= 15 is 0 Å². The van der Waals surface area contributed by atoms with Gasteiger partial charge in [-0.1, -0.05) is 48.0 Å². The molecule has 6 heteroatoms. The number of nitrogens with zero attached hydrogens (tertiary/aromatic N) is 3. The van der Waals surface area contributed by atoms with Crippen LogP contribution in [0, 0.1) is 6.92 Å². The second-order valence-electron chi connectivity index (χ2n) is 8.39. The van der Waals surface area contributed by atoms with E-state index in [2.05, 4.69) is 51.7 Å². The molecule has 5 rings (SSSR count). The molecule has 1 aromatic heterocycles. The Morgan fingerprint density at radius 1 is 1.10 bits per heavy atom. The lowest BCUT2D eigenvalue weighted by atomic mass is 10.0. The molecule has 1 amide bonds. The minimum Gasteiger partial charge on any atom is -0.352 e. The van der Waals surface area contributed by atoms with Crippen LogP contribution in [0.3, 0.4) is 0 Å². The van der Waals surface area contributed by atoms with Crippen molar-refractivity contribution in [2.24, 2.45) is 0 Å². The van der Waals surface area contributed by atoms with Gasteiger partial charge in [-0.15, -0.1) is 0 Å². The number of amides is 1. The van der Waals surface area contributed by atoms with Gasteiger partial charge in [-0.3, -0.25) is 9.69 Å². The van der Waals surface area contributed by atoms with Gasteiger partial charge >= 0.3 is 0 Å². The second kappa shape index (κ2) is 8.47. The van der Waals surface area contributed by atoms with Crippen LogP contribution in [0.1, 0.15) is 35.6 Å². The van der Waals surface area contributed by atoms with Gasteiger partial charge in [0.1, 0.15) is 0 Å². The van der Waals surface area contributed by atoms with Crippen LogP contribution in [0.2, 0.25) is 0 Å². The minimum atomic E-state index is -0.0380. The maximum absolute atomic E-state index is 12.2. The van der Waals surface area contributed by atoms with Gasteiger partial charge in [-0.25, -0.2) is 9.97 Å². The van der Waals surface area contributed by atoms with Gasteiger partial charge in [0.15, 0.2) is 0 Å². The van der Waals surface area contributed by atoms with Crippen LogP contribution in [0.25, 0.3) is 11.3 Å². The van der Waals surface area contributed by atoms with Gasteiger partial charge in [-0.05, 0) is 44.5 Å². The van der Waals surface area contributed by atoms with Gasteiger partial charge in [0.2, 0.25) is 11.9 Å². The Kier molecular flexibility index (Phi) is 5.38. The van der Waals surface area contributed by atoms with Crippen LogP contribution in [0.4, 0.5) is 11.6 Å². The highest BCUT2D eigenvalue weighted by atomic mass is 16.1. The van der Waals surface area contributed by atoms with E-state index in [1.54, 1.807) is 6.20 Å². The number of hydrogen-bond acceptors (Lipinski definition) is 5. The van der Waals surface area contributed by atoms with E-state index in [1.807, 2.05) is 24.3 Å². The number of anilines is 2. The van der Waals surface area contributed by atoms with Crippen molar-refractivity contribution in [3.8, 4) is 11.3 Å². The van der Waals surface area contributed by atoms with Crippen LogP contribution in [-0.4, -0.2) is 40.4 Å². The van der Waals surface area contributed by atoms with E-state index in [9.17, 15) is 4.79 Å². The van der Waals surface area contributed by atoms with Crippen molar-refractivity contribution in [3.63, 3.8) is 0 Å². The Hall–Kier alpha value is -3.25. The third kappa shape index (κ3) is 4.16. The molecule has 0 radical (unpaired) electrons. The number of aromatic nitrogens is 2. The number of para-hydroxylation sites is 1. The maximum atomic E-state index is 12.2. The molecule has 1 fully saturated rings. The van der Waals surface area contributed by atoms with Crippen LogP contribution >= 0.6 is 0 Å². The molecule has 0 saturated carbocycles. The molecule has 2 aromatic carbocycles. The van der Waals surface area contributed by atoms with E-state index in [0.29, 0.717) is 5.95 Å². The van der Waals surface area contributed by atoms with E-state index in [4.69, 9.17) is 4.98 Å². The van der Waals surface area contributed by atoms with Crippen LogP contribution in [0.5, 0.6) is 0 Å². The predicted molar refractivity (Wildman–Crippen MR) is 123 cm³/mol. The lowest BCUT2D eigenvalue weighted by Gasteiger charge is -2.28. The Morgan fingerprint density at radius 2 is 1.87 bits per heavy atom. The highest BCUT2D eigenvalue weighted by molar-refractivity contribution is 5.99. The maximum Gasteiger partial charge on any atom is 0.228 e. The highest BCUT2D eigenvalue weighted by Gasteiger charge is 2.24. The molecule has 2 aliphatic heterocycles. The summed E-state index contributed by atoms with van der Waals surface area (Å²) in [5.41, 5.74) is 5.98. The second-order valence-corrected chi connectivity index (χ2v) is 8.39. The Labute approximate surface area is 182 Å². The zero-order valence-electron chi connectivity index (χ0n) is 17.8. The standard InChI is InChI=1S/C25H27N5O/c1-17-8-10-18(11-9-17)22(30-12-4-5-13-30)16-27-25-26-15-19-14-23(31)28-21-7-3-2-6-20(21)24(19)29-25/h2-3,6-11,15,22H,4-5,12-14,16H2,1H3,(H,28,31)(H,26,27,29). The van der Waals surface area contributed by atoms with Crippen molar-refractivity contribution in [2.75, 3.05) is 30.3 Å². The van der Waals surface area contributed by atoms with Crippen molar-refractivity contribution in [2.45, 2.75) is 32.2 Å². The molecular formula is C25H27N5O. The molecule has 2 N–H and O–H groups in total. The summed E-state index contributed by atoms with van der Waals surface area (Å²) in [5.74, 6) is 0.559. The molecule has 1 unspecified atom stereocenters. The number of aryl methyl sites for hydroxylation is 1. The number of carbonyl (C=O) groups is 1. The van der Waals surface area contributed by atoms with Crippen molar-refractivity contribution >= 4 is 17.5 Å². The average molecular weight is 414 g/mol. The molecule has 2 aliphatic rings. The number of hydrogen-bond donors (Lipinski definition) is 2. The topological polar surface area (TPSA) is 70.1 Å². The average Bonchev–Trinajstić information content (AvgIpc) is 3.26. The molecule has 6 nitrogen and oxygen atoms in total. The fourth-order valence-electron chi connectivity index (χ4n) is 4.51. The number of benzene rings is 2. The van der Waals surface area contributed by atoms with Crippen molar-refractivity contribution in [3.05, 3.63) is 71.4 Å². The normalized spacial score (nSPS) is 16.7. The Bertz CT molecular complexity index is 1090. The minimum absolute atomic E-state index is 0.0380. The molecule has 0 bridgehead atoms. The Morgan fingerprint density at radius 3 is 2.68 bits per heavy atom. The monoisotopic (exact) mass is 413 g/mol. The number of likely N-dealkylation sites (tertiary alicyclic amines) is 1. The fourth-order valence-corrected chi connectivity index (χ4v) is 4.51. The molecule has 0 spiro atoms. The summed E-state index contributed by atoms with van der Waals surface area (Å²) in [4.78, 5) is 24.1. The van der Waals surface area contributed by atoms with Crippen LogP contribution in [-0.2, 0) is 11.2 Å². The number of carbonyl (C=O) groups excluding carboxylic acids is 1. The summed E-state index contributed by atoms with van der Waals surface area (Å²) in [7, 11) is 0. The zero-order chi connectivity index (χ0) is 21.2. The molecule has 1 atom stereocenters. The zero-order valence-corrected chi connectivity index (χ0v) is 17.8. The summed E-state index contributed by atoms with van der Waals surface area (Å²) in [5, 5.41) is 6.45. The molecule has 1 saturated heterocycles. The molecule has 158 valence electrons. The van der Waals surface area contributed by atoms with Crippen LogP contribution < -0.4 is 10.6 Å². The summed E-state index contributed by atoms with van der Waals surface area (Å²) in [6.07, 6.45) is 4.55. The van der Waals surface area contributed by atoms with E-state index in [-0.39, 0.29) is 18.4 Å². The van der Waals surface area contributed by atoms with Crippen LogP contribution in [0.15, 0.2) is 54.7 Å². The number of fused-ring (bicyclic) bond motifs is 3. The first-order valence-corrected chi connectivity index (χ1v) is 11.0. The van der Waals surface area contributed by atoms with Crippen molar-refractivity contribution in [1.82, 2.24) is 14.9 Å². The first-order valence-electron chi connectivity index (χ1n) is 11.0. The van der Waals surface area contributed by atoms with Gasteiger partial charge in [0, 0.05) is 23.9 Å². The molecule has 3 heterocycles. The van der Waals surface area contributed by atoms with E-state index in [1.165, 1.54) is 24.0 Å². The smallest absolute Gasteiger partial charge is 0.228 e. The number of nitrogens with one attached hydrogen (secondary N) is 2. The predicted octanol–water partition coefficient (Wildman–Crippen LogP) is 4.20. The van der Waals surface area contributed by atoms with E-state index in [0.717, 1.165) is 42.1 Å². The van der Waals surface area contributed by atoms with Crippen molar-refractivity contribution in [1.29, 1.82) is 0 Å². The molecular weight excluding hydrogens is 386 g/mol. The lowest BCUT2D eigenvalue weighted by Crippen LogP contribution is -2.31. The highest BCUT2D eigenvalue weighted by Crippen LogP contribution is 2.33. The van der Waals surface area contributed by atoms with Gasteiger partial charge in [-0.2, -0.15) is 0 Å². The van der Waals surface area contributed by atoms with Gasteiger partial charge in [0.25, 0.3) is 0 Å². The first kappa shape index (κ1) is 19.7.